The molecule has 0 saturated heterocycles. The third-order valence-corrected chi connectivity index (χ3v) is 5.21. The Morgan fingerprint density at radius 1 is 1.04 bits per heavy atom. The van der Waals surface area contributed by atoms with Crippen LogP contribution in [0.4, 0.5) is 0 Å². The number of benzene rings is 2. The molecule has 0 atom stereocenters. The van der Waals surface area contributed by atoms with Gasteiger partial charge in [-0.1, -0.05) is 41.6 Å². The predicted molar refractivity (Wildman–Crippen MR) is 98.3 cm³/mol. The maximum atomic E-state index is 10.0. The van der Waals surface area contributed by atoms with Crippen LogP contribution in [-0.4, -0.2) is 19.9 Å². The van der Waals surface area contributed by atoms with Crippen LogP contribution in [-0.2, 0) is 12.8 Å². The van der Waals surface area contributed by atoms with Crippen molar-refractivity contribution in [1.29, 1.82) is 0 Å². The van der Waals surface area contributed by atoms with Crippen LogP contribution < -0.4 is 0 Å². The molecule has 0 spiro atoms. The van der Waals surface area contributed by atoms with Crippen LogP contribution in [0.15, 0.2) is 41.6 Å². The molecule has 0 fully saturated rings. The van der Waals surface area contributed by atoms with E-state index in [1.165, 1.54) is 22.3 Å². The van der Waals surface area contributed by atoms with Crippen molar-refractivity contribution < 1.29 is 5.11 Å². The predicted octanol–water partition coefficient (Wildman–Crippen LogP) is 4.41. The van der Waals surface area contributed by atoms with Gasteiger partial charge in [-0.25, -0.2) is 0 Å². The van der Waals surface area contributed by atoms with Crippen molar-refractivity contribution >= 4 is 11.8 Å². The van der Waals surface area contributed by atoms with Gasteiger partial charge in [0.25, 0.3) is 0 Å². The standard InChI is InChI=1S/C19H21N3OS/c1-12-9-13(2)16(14(3)10-12)11-24-19-21-20-18(22(19)4)15-7-5-6-8-17(15)23/h5-10,23H,11H2,1-4H3. The molecule has 24 heavy (non-hydrogen) atoms. The zero-order chi connectivity index (χ0) is 17.3. The highest BCUT2D eigenvalue weighted by Gasteiger charge is 2.15. The van der Waals surface area contributed by atoms with Crippen molar-refractivity contribution in [1.82, 2.24) is 14.8 Å². The number of thioether (sulfide) groups is 1. The van der Waals surface area contributed by atoms with Crippen LogP contribution in [0.1, 0.15) is 22.3 Å². The van der Waals surface area contributed by atoms with Crippen molar-refractivity contribution in [3.05, 3.63) is 58.7 Å². The second kappa shape index (κ2) is 6.69. The number of hydrogen-bond acceptors (Lipinski definition) is 4. The van der Waals surface area contributed by atoms with Gasteiger partial charge < -0.3 is 9.67 Å². The van der Waals surface area contributed by atoms with Crippen molar-refractivity contribution in [2.75, 3.05) is 0 Å². The molecule has 3 aromatic rings. The molecule has 1 aromatic heterocycles. The average molecular weight is 339 g/mol. The monoisotopic (exact) mass is 339 g/mol. The van der Waals surface area contributed by atoms with Gasteiger partial charge in [-0.05, 0) is 49.6 Å². The van der Waals surface area contributed by atoms with E-state index in [2.05, 4.69) is 43.1 Å². The van der Waals surface area contributed by atoms with E-state index in [9.17, 15) is 5.11 Å². The second-order valence-corrected chi connectivity index (χ2v) is 6.99. The van der Waals surface area contributed by atoms with E-state index < -0.39 is 0 Å². The molecule has 5 heteroatoms. The van der Waals surface area contributed by atoms with Crippen molar-refractivity contribution in [2.45, 2.75) is 31.7 Å². The van der Waals surface area contributed by atoms with Crippen molar-refractivity contribution in [3.63, 3.8) is 0 Å². The van der Waals surface area contributed by atoms with E-state index >= 15 is 0 Å². The van der Waals surface area contributed by atoms with Gasteiger partial charge in [0.2, 0.25) is 0 Å². The number of aryl methyl sites for hydroxylation is 3. The van der Waals surface area contributed by atoms with Gasteiger partial charge in [0.1, 0.15) is 5.75 Å². The highest BCUT2D eigenvalue weighted by atomic mass is 32.2. The van der Waals surface area contributed by atoms with Crippen molar-refractivity contribution in [3.8, 4) is 17.1 Å². The number of para-hydroxylation sites is 1. The lowest BCUT2D eigenvalue weighted by atomic mass is 10.0. The minimum Gasteiger partial charge on any atom is -0.507 e. The fourth-order valence-corrected chi connectivity index (χ4v) is 4.02. The second-order valence-electron chi connectivity index (χ2n) is 6.05. The lowest BCUT2D eigenvalue weighted by Gasteiger charge is -2.11. The maximum Gasteiger partial charge on any atom is 0.191 e. The van der Waals surface area contributed by atoms with Gasteiger partial charge in [0, 0.05) is 12.8 Å². The fourth-order valence-electron chi connectivity index (χ4n) is 2.91. The Bertz CT molecular complexity index is 863. The van der Waals surface area contributed by atoms with E-state index in [0.717, 1.165) is 10.9 Å². The highest BCUT2D eigenvalue weighted by Crippen LogP contribution is 2.31. The van der Waals surface area contributed by atoms with Crippen molar-refractivity contribution in [2.24, 2.45) is 7.05 Å². The van der Waals surface area contributed by atoms with Crippen LogP contribution in [0.3, 0.4) is 0 Å². The molecule has 0 aliphatic heterocycles. The maximum absolute atomic E-state index is 10.0. The van der Waals surface area contributed by atoms with E-state index in [4.69, 9.17) is 0 Å². The van der Waals surface area contributed by atoms with Crippen LogP contribution in [0.25, 0.3) is 11.4 Å². The number of aromatic nitrogens is 3. The SMILES string of the molecule is Cc1cc(C)c(CSc2nnc(-c3ccccc3O)n2C)c(C)c1. The van der Waals surface area contributed by atoms with Gasteiger partial charge >= 0.3 is 0 Å². The normalized spacial score (nSPS) is 11.0. The molecule has 2 aromatic carbocycles. The summed E-state index contributed by atoms with van der Waals surface area (Å²) in [6.07, 6.45) is 0. The smallest absolute Gasteiger partial charge is 0.191 e. The molecule has 3 rings (SSSR count). The molecule has 4 nitrogen and oxygen atoms in total. The highest BCUT2D eigenvalue weighted by molar-refractivity contribution is 7.98. The summed E-state index contributed by atoms with van der Waals surface area (Å²) in [6, 6.07) is 11.6. The molecule has 0 radical (unpaired) electrons. The first-order valence-electron chi connectivity index (χ1n) is 7.84. The fraction of sp³-hybridized carbons (Fsp3) is 0.263. The van der Waals surface area contributed by atoms with Gasteiger partial charge in [-0.3, -0.25) is 0 Å². The largest absolute Gasteiger partial charge is 0.507 e. The Hall–Kier alpha value is -2.27. The summed E-state index contributed by atoms with van der Waals surface area (Å²) in [7, 11) is 1.93. The first-order valence-corrected chi connectivity index (χ1v) is 8.83. The first kappa shape index (κ1) is 16.6. The molecule has 0 unspecified atom stereocenters. The summed E-state index contributed by atoms with van der Waals surface area (Å²) < 4.78 is 1.93. The molecule has 1 N–H and O–H groups in total. The number of phenols is 1. The lowest BCUT2D eigenvalue weighted by Crippen LogP contribution is -1.97. The van der Waals surface area contributed by atoms with Crippen LogP contribution in [0.5, 0.6) is 5.75 Å². The van der Waals surface area contributed by atoms with E-state index in [1.54, 1.807) is 23.9 Å². The molecular weight excluding hydrogens is 318 g/mol. The minimum absolute atomic E-state index is 0.217. The molecule has 124 valence electrons. The molecule has 0 aliphatic rings. The molecule has 0 aliphatic carbocycles. The van der Waals surface area contributed by atoms with Gasteiger partial charge in [-0.2, -0.15) is 0 Å². The minimum atomic E-state index is 0.217. The van der Waals surface area contributed by atoms with Gasteiger partial charge in [-0.15, -0.1) is 10.2 Å². The number of aromatic hydroxyl groups is 1. The molecule has 0 bridgehead atoms. The topological polar surface area (TPSA) is 50.9 Å². The van der Waals surface area contributed by atoms with Crippen LogP contribution in [0.2, 0.25) is 0 Å². The Balaban J connectivity index is 1.85. The molecule has 0 amide bonds. The summed E-state index contributed by atoms with van der Waals surface area (Å²) in [5.41, 5.74) is 5.95. The number of rotatable bonds is 4. The van der Waals surface area contributed by atoms with E-state index in [1.807, 2.05) is 23.7 Å². The van der Waals surface area contributed by atoms with E-state index in [0.29, 0.717) is 11.4 Å². The zero-order valence-electron chi connectivity index (χ0n) is 14.4. The third-order valence-electron chi connectivity index (χ3n) is 4.17. The summed E-state index contributed by atoms with van der Waals surface area (Å²) in [5.74, 6) is 1.74. The summed E-state index contributed by atoms with van der Waals surface area (Å²) >= 11 is 1.66. The number of nitrogens with zero attached hydrogens (tertiary/aromatic N) is 3. The first-order chi connectivity index (χ1) is 11.5. The number of phenolic OH excluding ortho intramolecular Hbond substituents is 1. The summed E-state index contributed by atoms with van der Waals surface area (Å²) in [6.45, 7) is 6.43. The van der Waals surface area contributed by atoms with Crippen LogP contribution in [0, 0.1) is 20.8 Å². The van der Waals surface area contributed by atoms with Gasteiger partial charge in [0.05, 0.1) is 5.56 Å². The number of hydrogen-bond donors (Lipinski definition) is 1. The Morgan fingerprint density at radius 2 is 1.71 bits per heavy atom. The quantitative estimate of drug-likeness (QED) is 0.716. The Kier molecular flexibility index (Phi) is 4.62. The molecular formula is C19H21N3OS. The Morgan fingerprint density at radius 3 is 2.38 bits per heavy atom. The van der Waals surface area contributed by atoms with Crippen LogP contribution >= 0.6 is 11.8 Å². The zero-order valence-corrected chi connectivity index (χ0v) is 15.2. The van der Waals surface area contributed by atoms with E-state index in [-0.39, 0.29) is 5.75 Å². The summed E-state index contributed by atoms with van der Waals surface area (Å²) in [5, 5.41) is 19.4. The summed E-state index contributed by atoms with van der Waals surface area (Å²) in [4.78, 5) is 0. The third kappa shape index (κ3) is 3.17. The molecule has 0 saturated carbocycles. The average Bonchev–Trinajstić information content (AvgIpc) is 2.88. The Labute approximate surface area is 146 Å². The lowest BCUT2D eigenvalue weighted by molar-refractivity contribution is 0.476. The van der Waals surface area contributed by atoms with Gasteiger partial charge in [0.15, 0.2) is 11.0 Å². The molecule has 1 heterocycles.